The number of thioether (sulfide) groups is 2. The maximum Gasteiger partial charge on any atom is 0.288 e. The Balaban J connectivity index is 2.02. The first-order valence-corrected chi connectivity index (χ1v) is 8.88. The van der Waals surface area contributed by atoms with Gasteiger partial charge in [-0.25, -0.2) is 0 Å². The van der Waals surface area contributed by atoms with Gasteiger partial charge in [0.15, 0.2) is 0 Å². The van der Waals surface area contributed by atoms with Crippen LogP contribution in [-0.2, 0) is 4.79 Å². The fourth-order valence-corrected chi connectivity index (χ4v) is 3.37. The number of alkyl halides is 2. The van der Waals surface area contributed by atoms with E-state index in [4.69, 9.17) is 0 Å². The second-order valence-electron chi connectivity index (χ2n) is 4.88. The van der Waals surface area contributed by atoms with Crippen molar-refractivity contribution in [2.75, 3.05) is 5.32 Å². The number of hydrogen-bond acceptors (Lipinski definition) is 5. The molecule has 132 valence electrons. The van der Waals surface area contributed by atoms with Crippen LogP contribution in [-0.4, -0.2) is 21.8 Å². The quantitative estimate of drug-likeness (QED) is 0.412. The summed E-state index contributed by atoms with van der Waals surface area (Å²) < 4.78 is 25.1. The lowest BCUT2D eigenvalue weighted by atomic mass is 10.3. The number of benzene rings is 2. The number of halogens is 2. The summed E-state index contributed by atoms with van der Waals surface area (Å²) in [5, 5.41) is 12.8. The maximum atomic E-state index is 12.6. The summed E-state index contributed by atoms with van der Waals surface area (Å²) in [4.78, 5) is 23.4. The first-order valence-electron chi connectivity index (χ1n) is 7.12. The molecular weight excluding hydrogens is 370 g/mol. The van der Waals surface area contributed by atoms with Crippen molar-refractivity contribution in [2.45, 2.75) is 27.7 Å². The highest BCUT2D eigenvalue weighted by molar-refractivity contribution is 8.00. The van der Waals surface area contributed by atoms with Gasteiger partial charge in [0, 0.05) is 21.9 Å². The van der Waals surface area contributed by atoms with Gasteiger partial charge in [0.1, 0.15) is 0 Å². The van der Waals surface area contributed by atoms with Crippen LogP contribution in [0.2, 0.25) is 0 Å². The molecule has 2 rings (SSSR count). The van der Waals surface area contributed by atoms with Crippen LogP contribution in [0.4, 0.5) is 20.2 Å². The number of nitrogens with one attached hydrogen (secondary N) is 1. The Labute approximate surface area is 151 Å². The third-order valence-corrected chi connectivity index (χ3v) is 4.99. The van der Waals surface area contributed by atoms with Crippen LogP contribution in [0.3, 0.4) is 0 Å². The van der Waals surface area contributed by atoms with Crippen molar-refractivity contribution in [1.82, 2.24) is 0 Å². The van der Waals surface area contributed by atoms with E-state index in [0.717, 1.165) is 0 Å². The van der Waals surface area contributed by atoms with E-state index in [1.54, 1.807) is 37.3 Å². The number of amides is 1. The Hall–Kier alpha value is -2.13. The van der Waals surface area contributed by atoms with Gasteiger partial charge < -0.3 is 5.32 Å². The van der Waals surface area contributed by atoms with Crippen molar-refractivity contribution >= 4 is 40.8 Å². The molecule has 0 aliphatic rings. The highest BCUT2D eigenvalue weighted by Crippen LogP contribution is 2.32. The molecular formula is C16H14F2N2O3S2. The standard InChI is InChI=1S/C16H14F2N2O3S2/c1-10(24-12-8-6-11(7-9-12)20(22)23)15(21)19-13-4-2-3-5-14(13)25-16(17)18/h2-10,16H,1H3,(H,19,21)/t10-/m0/s1. The normalized spacial score (nSPS) is 12.0. The van der Waals surface area contributed by atoms with Crippen LogP contribution in [0.1, 0.15) is 6.92 Å². The van der Waals surface area contributed by atoms with Crippen molar-refractivity contribution in [1.29, 1.82) is 0 Å². The van der Waals surface area contributed by atoms with Crippen molar-refractivity contribution in [2.24, 2.45) is 0 Å². The number of hydrogen-bond donors (Lipinski definition) is 1. The molecule has 0 radical (unpaired) electrons. The average molecular weight is 384 g/mol. The number of nitrogens with zero attached hydrogens (tertiary/aromatic N) is 1. The molecule has 0 bridgehead atoms. The van der Waals surface area contributed by atoms with E-state index in [0.29, 0.717) is 27.2 Å². The van der Waals surface area contributed by atoms with E-state index < -0.39 is 15.9 Å². The highest BCUT2D eigenvalue weighted by Gasteiger charge is 2.18. The maximum absolute atomic E-state index is 12.6. The molecule has 1 amide bonds. The third-order valence-electron chi connectivity index (χ3n) is 3.09. The molecule has 2 aromatic carbocycles. The van der Waals surface area contributed by atoms with E-state index in [9.17, 15) is 23.7 Å². The van der Waals surface area contributed by atoms with Crippen LogP contribution in [0, 0.1) is 10.1 Å². The fourth-order valence-electron chi connectivity index (χ4n) is 1.91. The molecule has 2 aromatic rings. The average Bonchev–Trinajstić information content (AvgIpc) is 2.56. The smallest absolute Gasteiger partial charge is 0.288 e. The predicted octanol–water partition coefficient (Wildman–Crippen LogP) is 5.03. The molecule has 0 saturated carbocycles. The van der Waals surface area contributed by atoms with Crippen molar-refractivity contribution in [3.8, 4) is 0 Å². The lowest BCUT2D eigenvalue weighted by Crippen LogP contribution is -2.22. The molecule has 5 nitrogen and oxygen atoms in total. The Morgan fingerprint density at radius 1 is 1.12 bits per heavy atom. The zero-order valence-electron chi connectivity index (χ0n) is 13.0. The largest absolute Gasteiger partial charge is 0.324 e. The molecule has 0 aliphatic carbocycles. The van der Waals surface area contributed by atoms with E-state index in [1.165, 1.54) is 30.0 Å². The minimum atomic E-state index is -2.58. The number of nitro groups is 1. The van der Waals surface area contributed by atoms with Gasteiger partial charge in [-0.15, -0.1) is 11.8 Å². The van der Waals surface area contributed by atoms with Crippen LogP contribution in [0.5, 0.6) is 0 Å². The fraction of sp³-hybridized carbons (Fsp3) is 0.188. The SMILES string of the molecule is C[C@H](Sc1ccc([N+](=O)[O-])cc1)C(=O)Nc1ccccc1SC(F)F. The van der Waals surface area contributed by atoms with E-state index in [1.807, 2.05) is 0 Å². The first-order chi connectivity index (χ1) is 11.9. The van der Waals surface area contributed by atoms with Crippen LogP contribution in [0.15, 0.2) is 58.3 Å². The molecule has 0 aromatic heterocycles. The number of non-ortho nitro benzene ring substituents is 1. The summed E-state index contributed by atoms with van der Waals surface area (Å²) in [6.45, 7) is 1.67. The molecule has 1 atom stereocenters. The molecule has 25 heavy (non-hydrogen) atoms. The third kappa shape index (κ3) is 5.71. The molecule has 1 N–H and O–H groups in total. The number of rotatable bonds is 7. The molecule has 0 unspecified atom stereocenters. The van der Waals surface area contributed by atoms with Gasteiger partial charge in [-0.1, -0.05) is 23.9 Å². The van der Waals surface area contributed by atoms with Gasteiger partial charge in [0.2, 0.25) is 5.91 Å². The summed E-state index contributed by atoms with van der Waals surface area (Å²) in [6, 6.07) is 12.2. The lowest BCUT2D eigenvalue weighted by molar-refractivity contribution is -0.384. The molecule has 0 heterocycles. The zero-order chi connectivity index (χ0) is 18.4. The Morgan fingerprint density at radius 3 is 2.36 bits per heavy atom. The molecule has 0 aliphatic heterocycles. The Morgan fingerprint density at radius 2 is 1.76 bits per heavy atom. The second kappa shape index (κ2) is 8.82. The van der Waals surface area contributed by atoms with Crippen LogP contribution >= 0.6 is 23.5 Å². The van der Waals surface area contributed by atoms with Gasteiger partial charge in [-0.3, -0.25) is 14.9 Å². The highest BCUT2D eigenvalue weighted by atomic mass is 32.2. The minimum Gasteiger partial charge on any atom is -0.324 e. The van der Waals surface area contributed by atoms with Gasteiger partial charge in [-0.2, -0.15) is 8.78 Å². The molecule has 0 fully saturated rings. The monoisotopic (exact) mass is 384 g/mol. The molecule has 0 saturated heterocycles. The van der Waals surface area contributed by atoms with Crippen molar-refractivity contribution in [3.63, 3.8) is 0 Å². The molecule has 9 heteroatoms. The van der Waals surface area contributed by atoms with Gasteiger partial charge in [0.05, 0.1) is 15.9 Å². The number of carbonyl (C=O) groups is 1. The predicted molar refractivity (Wildman–Crippen MR) is 95.3 cm³/mol. The minimum absolute atomic E-state index is 0.0283. The van der Waals surface area contributed by atoms with E-state index in [-0.39, 0.29) is 11.6 Å². The van der Waals surface area contributed by atoms with Crippen molar-refractivity contribution in [3.05, 3.63) is 58.6 Å². The van der Waals surface area contributed by atoms with Gasteiger partial charge >= 0.3 is 0 Å². The Kier molecular flexibility index (Phi) is 6.77. The second-order valence-corrected chi connectivity index (χ2v) is 7.32. The summed E-state index contributed by atoms with van der Waals surface area (Å²) in [6.07, 6.45) is 0. The molecule has 0 spiro atoms. The number of anilines is 1. The summed E-state index contributed by atoms with van der Waals surface area (Å²) >= 11 is 1.59. The van der Waals surface area contributed by atoms with Crippen LogP contribution < -0.4 is 5.32 Å². The summed E-state index contributed by atoms with van der Waals surface area (Å²) in [5.74, 6) is -2.92. The van der Waals surface area contributed by atoms with Gasteiger partial charge in [0.25, 0.3) is 11.4 Å². The van der Waals surface area contributed by atoms with E-state index in [2.05, 4.69) is 5.32 Å². The summed E-state index contributed by atoms with van der Waals surface area (Å²) in [7, 11) is 0. The van der Waals surface area contributed by atoms with Crippen LogP contribution in [0.25, 0.3) is 0 Å². The zero-order valence-corrected chi connectivity index (χ0v) is 14.7. The number of nitro benzene ring substituents is 1. The van der Waals surface area contributed by atoms with Crippen molar-refractivity contribution < 1.29 is 18.5 Å². The van der Waals surface area contributed by atoms with E-state index >= 15 is 0 Å². The Bertz CT molecular complexity index is 757. The number of para-hydroxylation sites is 1. The first kappa shape index (κ1) is 19.2. The topological polar surface area (TPSA) is 72.2 Å². The van der Waals surface area contributed by atoms with Gasteiger partial charge in [-0.05, 0) is 31.2 Å². The number of carbonyl (C=O) groups excluding carboxylic acids is 1. The lowest BCUT2D eigenvalue weighted by Gasteiger charge is -2.14. The summed E-state index contributed by atoms with van der Waals surface area (Å²) in [5.41, 5.74) is 0.299.